The van der Waals surface area contributed by atoms with Gasteiger partial charge in [-0.2, -0.15) is 0 Å². The minimum Gasteiger partial charge on any atom is -0.491 e. The third kappa shape index (κ3) is 5.85. The van der Waals surface area contributed by atoms with E-state index in [1.807, 2.05) is 11.8 Å². The summed E-state index contributed by atoms with van der Waals surface area (Å²) < 4.78 is 11.9. The fourth-order valence-corrected chi connectivity index (χ4v) is 4.30. The summed E-state index contributed by atoms with van der Waals surface area (Å²) in [5.74, 6) is 0.400. The van der Waals surface area contributed by atoms with Gasteiger partial charge in [-0.1, -0.05) is 20.3 Å². The maximum absolute atomic E-state index is 13.2. The van der Waals surface area contributed by atoms with Crippen LogP contribution in [0.25, 0.3) is 0 Å². The number of rotatable bonds is 4. The van der Waals surface area contributed by atoms with Crippen LogP contribution in [0.4, 0.5) is 5.69 Å². The van der Waals surface area contributed by atoms with Gasteiger partial charge in [-0.05, 0) is 31.9 Å². The molecular formula is C25H37N3O5. The molecule has 3 rings (SSSR count). The Morgan fingerprint density at radius 2 is 1.94 bits per heavy atom. The Labute approximate surface area is 196 Å². The molecule has 1 saturated carbocycles. The molecule has 1 aromatic rings. The van der Waals surface area contributed by atoms with E-state index in [4.69, 9.17) is 9.47 Å². The zero-order valence-electron chi connectivity index (χ0n) is 20.4. The van der Waals surface area contributed by atoms with Crippen LogP contribution in [-0.2, 0) is 14.3 Å². The van der Waals surface area contributed by atoms with E-state index in [0.717, 1.165) is 19.3 Å². The average molecular weight is 460 g/mol. The number of amides is 3. The molecule has 8 nitrogen and oxygen atoms in total. The second kappa shape index (κ2) is 11.0. The molecular weight excluding hydrogens is 422 g/mol. The van der Waals surface area contributed by atoms with Gasteiger partial charge in [0.15, 0.2) is 0 Å². The summed E-state index contributed by atoms with van der Waals surface area (Å²) in [6.45, 7) is 7.00. The van der Waals surface area contributed by atoms with E-state index < -0.39 is 0 Å². The van der Waals surface area contributed by atoms with Crippen molar-refractivity contribution >= 4 is 23.4 Å². The van der Waals surface area contributed by atoms with E-state index in [0.29, 0.717) is 36.5 Å². The smallest absolute Gasteiger partial charge is 0.257 e. The predicted octanol–water partition coefficient (Wildman–Crippen LogP) is 3.17. The maximum Gasteiger partial charge on any atom is 0.257 e. The number of fused-ring (bicyclic) bond motifs is 1. The molecule has 3 atom stereocenters. The second-order valence-corrected chi connectivity index (χ2v) is 9.33. The maximum atomic E-state index is 13.2. The molecule has 0 radical (unpaired) electrons. The molecule has 1 fully saturated rings. The van der Waals surface area contributed by atoms with Crippen LogP contribution in [0.3, 0.4) is 0 Å². The first-order chi connectivity index (χ1) is 15.7. The Balaban J connectivity index is 1.94. The summed E-state index contributed by atoms with van der Waals surface area (Å²) in [6, 6.07) is 4.90. The number of nitrogens with zero attached hydrogens (tertiary/aromatic N) is 2. The third-order valence-electron chi connectivity index (χ3n) is 6.79. The number of hydrogen-bond donors (Lipinski definition) is 1. The van der Waals surface area contributed by atoms with Crippen molar-refractivity contribution in [2.75, 3.05) is 39.2 Å². The van der Waals surface area contributed by atoms with Crippen molar-refractivity contribution in [3.8, 4) is 5.75 Å². The zero-order valence-corrected chi connectivity index (χ0v) is 20.4. The van der Waals surface area contributed by atoms with Gasteiger partial charge in [-0.15, -0.1) is 0 Å². The average Bonchev–Trinajstić information content (AvgIpc) is 2.76. The Morgan fingerprint density at radius 1 is 1.21 bits per heavy atom. The Kier molecular flexibility index (Phi) is 8.35. The summed E-state index contributed by atoms with van der Waals surface area (Å²) in [4.78, 5) is 41.9. The molecule has 0 saturated heterocycles. The Bertz CT molecular complexity index is 870. The molecule has 8 heteroatoms. The van der Waals surface area contributed by atoms with Gasteiger partial charge in [-0.25, -0.2) is 0 Å². The van der Waals surface area contributed by atoms with Gasteiger partial charge in [0.25, 0.3) is 5.91 Å². The summed E-state index contributed by atoms with van der Waals surface area (Å²) >= 11 is 0. The van der Waals surface area contributed by atoms with Gasteiger partial charge in [0, 0.05) is 57.3 Å². The van der Waals surface area contributed by atoms with Gasteiger partial charge in [-0.3, -0.25) is 14.4 Å². The quantitative estimate of drug-likeness (QED) is 0.747. The van der Waals surface area contributed by atoms with Crippen molar-refractivity contribution in [2.45, 2.75) is 58.6 Å². The van der Waals surface area contributed by atoms with Crippen molar-refractivity contribution in [1.82, 2.24) is 9.80 Å². The largest absolute Gasteiger partial charge is 0.491 e. The van der Waals surface area contributed by atoms with Crippen molar-refractivity contribution < 1.29 is 23.9 Å². The van der Waals surface area contributed by atoms with Gasteiger partial charge >= 0.3 is 0 Å². The van der Waals surface area contributed by atoms with Crippen molar-refractivity contribution in [3.05, 3.63) is 23.8 Å². The number of carbonyl (C=O) groups excluding carboxylic acids is 3. The van der Waals surface area contributed by atoms with E-state index in [2.05, 4.69) is 12.2 Å². The first-order valence-corrected chi connectivity index (χ1v) is 11.9. The van der Waals surface area contributed by atoms with Crippen LogP contribution in [0.15, 0.2) is 18.2 Å². The number of benzene rings is 1. The summed E-state index contributed by atoms with van der Waals surface area (Å²) in [7, 11) is 3.38. The molecule has 1 heterocycles. The highest BCUT2D eigenvalue weighted by atomic mass is 16.5. The van der Waals surface area contributed by atoms with Gasteiger partial charge in [0.1, 0.15) is 12.4 Å². The number of hydrogen-bond acceptors (Lipinski definition) is 5. The van der Waals surface area contributed by atoms with Gasteiger partial charge < -0.3 is 24.6 Å². The first kappa shape index (κ1) is 25.0. The van der Waals surface area contributed by atoms with Crippen LogP contribution in [0.5, 0.6) is 5.75 Å². The number of nitrogens with one attached hydrogen (secondary N) is 1. The lowest BCUT2D eigenvalue weighted by Crippen LogP contribution is -2.51. The molecule has 0 aromatic heterocycles. The topological polar surface area (TPSA) is 88.2 Å². The number of anilines is 1. The Morgan fingerprint density at radius 3 is 2.55 bits per heavy atom. The summed E-state index contributed by atoms with van der Waals surface area (Å²) in [6.07, 6.45) is 3.11. The van der Waals surface area contributed by atoms with Crippen LogP contribution in [0.1, 0.15) is 56.8 Å². The van der Waals surface area contributed by atoms with Crippen LogP contribution in [-0.4, -0.2) is 73.5 Å². The summed E-state index contributed by atoms with van der Waals surface area (Å²) in [5, 5.41) is 2.82. The lowest BCUT2D eigenvalue weighted by molar-refractivity contribution is -0.142. The number of methoxy groups -OCH3 is 1. The fourth-order valence-electron chi connectivity index (χ4n) is 4.30. The molecule has 1 N–H and O–H groups in total. The monoisotopic (exact) mass is 459 g/mol. The third-order valence-corrected chi connectivity index (χ3v) is 6.79. The molecule has 1 aliphatic carbocycles. The molecule has 1 aliphatic heterocycles. The molecule has 33 heavy (non-hydrogen) atoms. The molecule has 0 unspecified atom stereocenters. The highest BCUT2D eigenvalue weighted by Crippen LogP contribution is 2.31. The molecule has 1 aromatic carbocycles. The molecule has 182 valence electrons. The highest BCUT2D eigenvalue weighted by Gasteiger charge is 2.35. The lowest BCUT2D eigenvalue weighted by atomic mass is 9.83. The zero-order chi connectivity index (χ0) is 24.1. The molecule has 0 bridgehead atoms. The number of likely N-dealkylation sites (N-methyl/N-ethyl adjacent to an activating group) is 1. The first-order valence-electron chi connectivity index (χ1n) is 11.9. The van der Waals surface area contributed by atoms with Crippen molar-refractivity contribution in [2.24, 2.45) is 11.8 Å². The molecule has 0 spiro atoms. The van der Waals surface area contributed by atoms with Gasteiger partial charge in [0.2, 0.25) is 11.8 Å². The standard InChI is InChI=1S/C25H37N3O5/c1-6-23(29)26-19-10-11-20-21(12-19)33-15-17(3)28(24(30)18-8-7-9-18)13-16(2)22(32-5)14-27(4)25(20)31/h10-12,16-18,22H,6-9,13-15H2,1-5H3,(H,26,29)/t16-,17-,22+/m0/s1. The molecule has 2 aliphatic rings. The van der Waals surface area contributed by atoms with Crippen LogP contribution in [0, 0.1) is 11.8 Å². The molecule has 3 amide bonds. The SMILES string of the molecule is CCC(=O)Nc1ccc2c(c1)OC[C@H](C)N(C(=O)C1CCC1)C[C@H](C)[C@H](OC)CN(C)C2=O. The van der Waals surface area contributed by atoms with E-state index in [1.165, 1.54) is 0 Å². The van der Waals surface area contributed by atoms with E-state index in [-0.39, 0.29) is 48.3 Å². The van der Waals surface area contributed by atoms with E-state index >= 15 is 0 Å². The predicted molar refractivity (Wildman–Crippen MR) is 126 cm³/mol. The number of carbonyl (C=O) groups is 3. The summed E-state index contributed by atoms with van der Waals surface area (Å²) in [5.41, 5.74) is 0.987. The fraction of sp³-hybridized carbons (Fsp3) is 0.640. The van der Waals surface area contributed by atoms with Gasteiger partial charge in [0.05, 0.1) is 17.7 Å². The highest BCUT2D eigenvalue weighted by molar-refractivity contribution is 5.98. The Hall–Kier alpha value is -2.61. The second-order valence-electron chi connectivity index (χ2n) is 9.33. The van der Waals surface area contributed by atoms with E-state index in [1.54, 1.807) is 44.2 Å². The minimum atomic E-state index is -0.213. The van der Waals surface area contributed by atoms with Crippen LogP contribution >= 0.6 is 0 Å². The van der Waals surface area contributed by atoms with Crippen molar-refractivity contribution in [1.29, 1.82) is 0 Å². The van der Waals surface area contributed by atoms with Crippen LogP contribution < -0.4 is 10.1 Å². The minimum absolute atomic E-state index is 0.0438. The lowest BCUT2D eigenvalue weighted by Gasteiger charge is -2.39. The van der Waals surface area contributed by atoms with Crippen LogP contribution in [0.2, 0.25) is 0 Å². The van der Waals surface area contributed by atoms with Crippen molar-refractivity contribution in [3.63, 3.8) is 0 Å². The van der Waals surface area contributed by atoms with E-state index in [9.17, 15) is 14.4 Å². The number of ether oxygens (including phenoxy) is 2. The normalized spacial score (nSPS) is 24.6.